The average molecular weight is 422 g/mol. The van der Waals surface area contributed by atoms with Gasteiger partial charge in [0.2, 0.25) is 0 Å². The Bertz CT molecular complexity index is 923. The molecule has 0 unspecified atom stereocenters. The first-order valence-electron chi connectivity index (χ1n) is 9.81. The van der Waals surface area contributed by atoms with E-state index in [2.05, 4.69) is 15.7 Å². The number of amides is 2. The highest BCUT2D eigenvalue weighted by Gasteiger charge is 2.32. The Morgan fingerprint density at radius 3 is 2.10 bits per heavy atom. The average Bonchev–Trinajstić information content (AvgIpc) is 3.41. The van der Waals surface area contributed by atoms with Crippen molar-refractivity contribution >= 4 is 11.8 Å². The van der Waals surface area contributed by atoms with E-state index >= 15 is 0 Å². The summed E-state index contributed by atoms with van der Waals surface area (Å²) in [6, 6.07) is 5.78. The lowest BCUT2D eigenvalue weighted by Gasteiger charge is -2.22. The minimum absolute atomic E-state index is 0.118. The minimum atomic E-state index is -4.45. The molecule has 1 aromatic carbocycles. The van der Waals surface area contributed by atoms with Crippen molar-refractivity contribution in [1.29, 1.82) is 0 Å². The highest BCUT2D eigenvalue weighted by atomic mass is 19.4. The molecule has 1 aliphatic rings. The van der Waals surface area contributed by atoms with Gasteiger partial charge in [0.15, 0.2) is 0 Å². The molecule has 9 heteroatoms. The van der Waals surface area contributed by atoms with Crippen LogP contribution in [0.1, 0.15) is 71.6 Å². The number of carbonyl (C=O) groups excluding carboxylic acids is 2. The summed E-state index contributed by atoms with van der Waals surface area (Å²) in [7, 11) is 0. The summed E-state index contributed by atoms with van der Waals surface area (Å²) in [6.45, 7) is 6.41. The molecule has 0 atom stereocenters. The van der Waals surface area contributed by atoms with Gasteiger partial charge in [-0.05, 0) is 63.9 Å². The fraction of sp³-hybridized carbons (Fsp3) is 0.476. The molecule has 162 valence electrons. The maximum atomic E-state index is 12.6. The molecule has 2 N–H and O–H groups in total. The van der Waals surface area contributed by atoms with Crippen LogP contribution in [0.3, 0.4) is 0 Å². The fourth-order valence-electron chi connectivity index (χ4n) is 3.07. The van der Waals surface area contributed by atoms with Crippen LogP contribution >= 0.6 is 0 Å². The van der Waals surface area contributed by atoms with Gasteiger partial charge < -0.3 is 10.6 Å². The molecule has 1 saturated carbocycles. The van der Waals surface area contributed by atoms with Crippen LogP contribution in [-0.2, 0) is 11.7 Å². The lowest BCUT2D eigenvalue weighted by Crippen LogP contribution is -2.35. The van der Waals surface area contributed by atoms with Gasteiger partial charge in [-0.3, -0.25) is 14.3 Å². The lowest BCUT2D eigenvalue weighted by molar-refractivity contribution is -0.137. The second-order valence-corrected chi connectivity index (χ2v) is 8.40. The molecule has 0 saturated heterocycles. The highest BCUT2D eigenvalue weighted by molar-refractivity contribution is 5.94. The predicted molar refractivity (Wildman–Crippen MR) is 105 cm³/mol. The zero-order valence-electron chi connectivity index (χ0n) is 17.1. The maximum absolute atomic E-state index is 12.6. The summed E-state index contributed by atoms with van der Waals surface area (Å²) < 4.78 is 39.6. The number of hydrogen-bond donors (Lipinski definition) is 2. The number of hydrogen-bond acceptors (Lipinski definition) is 3. The number of nitrogens with zero attached hydrogens (tertiary/aromatic N) is 2. The zero-order chi connectivity index (χ0) is 22.1. The molecule has 1 aliphatic carbocycles. The number of alkyl halides is 3. The van der Waals surface area contributed by atoms with Gasteiger partial charge in [0.05, 0.1) is 11.1 Å². The SMILES string of the molecule is CC(C)(C)n1nc(C(=O)NCCNC(=O)c2ccc(C(F)(F)F)cc2)cc1C1CC1. The van der Waals surface area contributed by atoms with E-state index in [0.717, 1.165) is 42.8 Å². The third kappa shape index (κ3) is 5.20. The van der Waals surface area contributed by atoms with Gasteiger partial charge in [-0.2, -0.15) is 18.3 Å². The van der Waals surface area contributed by atoms with Crippen molar-refractivity contribution in [3.63, 3.8) is 0 Å². The van der Waals surface area contributed by atoms with E-state index in [1.54, 1.807) is 0 Å². The Kier molecular flexibility index (Phi) is 5.92. The largest absolute Gasteiger partial charge is 0.416 e. The second-order valence-electron chi connectivity index (χ2n) is 8.40. The zero-order valence-corrected chi connectivity index (χ0v) is 17.1. The van der Waals surface area contributed by atoms with Gasteiger partial charge >= 0.3 is 6.18 Å². The van der Waals surface area contributed by atoms with Crippen LogP contribution < -0.4 is 10.6 Å². The number of rotatable bonds is 6. The van der Waals surface area contributed by atoms with E-state index in [9.17, 15) is 22.8 Å². The molecule has 0 bridgehead atoms. The Morgan fingerprint density at radius 2 is 1.60 bits per heavy atom. The van der Waals surface area contributed by atoms with Crippen molar-refractivity contribution in [3.05, 3.63) is 52.8 Å². The Morgan fingerprint density at radius 1 is 1.03 bits per heavy atom. The Hall–Kier alpha value is -2.84. The summed E-state index contributed by atoms with van der Waals surface area (Å²) in [5.74, 6) is -0.393. The second kappa shape index (κ2) is 8.12. The standard InChI is InChI=1S/C21H25F3N4O2/c1-20(2,3)28-17(13-4-5-13)12-16(27-28)19(30)26-11-10-25-18(29)14-6-8-15(9-7-14)21(22,23)24/h6-9,12-13H,4-5,10-11H2,1-3H3,(H,25,29)(H,26,30). The molecular weight excluding hydrogens is 397 g/mol. The highest BCUT2D eigenvalue weighted by Crippen LogP contribution is 2.41. The summed E-state index contributed by atoms with van der Waals surface area (Å²) in [6.07, 6.45) is -2.25. The lowest BCUT2D eigenvalue weighted by atomic mass is 10.1. The van der Waals surface area contributed by atoms with Crippen LogP contribution in [0.15, 0.2) is 30.3 Å². The van der Waals surface area contributed by atoms with E-state index in [-0.39, 0.29) is 30.1 Å². The number of halogens is 3. The van der Waals surface area contributed by atoms with E-state index in [0.29, 0.717) is 11.6 Å². The van der Waals surface area contributed by atoms with Crippen LogP contribution in [-0.4, -0.2) is 34.7 Å². The first kappa shape index (κ1) is 21.9. The van der Waals surface area contributed by atoms with Crippen molar-refractivity contribution in [1.82, 2.24) is 20.4 Å². The van der Waals surface area contributed by atoms with Crippen molar-refractivity contribution in [2.24, 2.45) is 0 Å². The molecular formula is C21H25F3N4O2. The third-order valence-electron chi connectivity index (χ3n) is 4.77. The Labute approximate surface area is 172 Å². The third-order valence-corrected chi connectivity index (χ3v) is 4.77. The van der Waals surface area contributed by atoms with Crippen LogP contribution in [0.4, 0.5) is 13.2 Å². The van der Waals surface area contributed by atoms with Gasteiger partial charge in [0.1, 0.15) is 5.69 Å². The van der Waals surface area contributed by atoms with Gasteiger partial charge in [-0.15, -0.1) is 0 Å². The van der Waals surface area contributed by atoms with Gasteiger partial charge in [-0.1, -0.05) is 0 Å². The Balaban J connectivity index is 1.51. The van der Waals surface area contributed by atoms with Gasteiger partial charge in [-0.25, -0.2) is 0 Å². The number of aromatic nitrogens is 2. The molecule has 0 radical (unpaired) electrons. The number of carbonyl (C=O) groups is 2. The van der Waals surface area contributed by atoms with E-state index < -0.39 is 17.6 Å². The molecule has 30 heavy (non-hydrogen) atoms. The molecule has 1 fully saturated rings. The van der Waals surface area contributed by atoms with Crippen molar-refractivity contribution in [2.45, 2.75) is 51.2 Å². The molecule has 2 amide bonds. The smallest absolute Gasteiger partial charge is 0.350 e. The molecule has 1 aromatic heterocycles. The van der Waals surface area contributed by atoms with E-state index in [4.69, 9.17) is 0 Å². The summed E-state index contributed by atoms with van der Waals surface area (Å²) in [4.78, 5) is 24.5. The summed E-state index contributed by atoms with van der Waals surface area (Å²) in [5.41, 5.74) is 0.467. The van der Waals surface area contributed by atoms with Gasteiger partial charge in [0.25, 0.3) is 11.8 Å². The van der Waals surface area contributed by atoms with Crippen LogP contribution in [0.2, 0.25) is 0 Å². The quantitative estimate of drug-likeness (QED) is 0.697. The molecule has 0 aliphatic heterocycles. The maximum Gasteiger partial charge on any atom is 0.416 e. The number of nitrogens with one attached hydrogen (secondary N) is 2. The summed E-state index contributed by atoms with van der Waals surface area (Å²) in [5, 5.41) is 9.74. The summed E-state index contributed by atoms with van der Waals surface area (Å²) >= 11 is 0. The molecule has 2 aromatic rings. The monoisotopic (exact) mass is 422 g/mol. The molecule has 6 nitrogen and oxygen atoms in total. The number of benzene rings is 1. The van der Waals surface area contributed by atoms with E-state index in [1.165, 1.54) is 0 Å². The minimum Gasteiger partial charge on any atom is -0.350 e. The van der Waals surface area contributed by atoms with E-state index in [1.807, 2.05) is 31.5 Å². The van der Waals surface area contributed by atoms with Crippen molar-refractivity contribution < 1.29 is 22.8 Å². The first-order valence-corrected chi connectivity index (χ1v) is 9.81. The molecule has 1 heterocycles. The first-order chi connectivity index (χ1) is 14.0. The fourth-order valence-corrected chi connectivity index (χ4v) is 3.07. The van der Waals surface area contributed by atoms with Crippen LogP contribution in [0.5, 0.6) is 0 Å². The predicted octanol–water partition coefficient (Wildman–Crippen LogP) is 3.69. The molecule has 0 spiro atoms. The van der Waals surface area contributed by atoms with Crippen molar-refractivity contribution in [2.75, 3.05) is 13.1 Å². The van der Waals surface area contributed by atoms with Crippen LogP contribution in [0.25, 0.3) is 0 Å². The topological polar surface area (TPSA) is 76.0 Å². The van der Waals surface area contributed by atoms with Gasteiger partial charge in [0, 0.05) is 30.3 Å². The molecule has 3 rings (SSSR count). The normalized spacial score (nSPS) is 14.5. The van der Waals surface area contributed by atoms with Crippen LogP contribution in [0, 0.1) is 0 Å². The van der Waals surface area contributed by atoms with Crippen molar-refractivity contribution in [3.8, 4) is 0 Å².